The number of fused-ring (bicyclic) bond motifs is 1. The van der Waals surface area contributed by atoms with Crippen LogP contribution in [-0.2, 0) is 11.3 Å². The first kappa shape index (κ1) is 22.5. The molecule has 1 aliphatic carbocycles. The molecular weight excluding hydrogens is 426 g/mol. The van der Waals surface area contributed by atoms with Gasteiger partial charge in [-0.2, -0.15) is 0 Å². The van der Waals surface area contributed by atoms with Gasteiger partial charge in [0.2, 0.25) is 5.91 Å². The van der Waals surface area contributed by atoms with Gasteiger partial charge >= 0.3 is 0 Å². The smallest absolute Gasteiger partial charge is 0.271 e. The van der Waals surface area contributed by atoms with E-state index in [1.54, 1.807) is 11.2 Å². The van der Waals surface area contributed by atoms with E-state index in [4.69, 9.17) is 4.42 Å². The molecule has 2 aliphatic rings. The Labute approximate surface area is 200 Å². The highest BCUT2D eigenvalue weighted by atomic mass is 16.3. The summed E-state index contributed by atoms with van der Waals surface area (Å²) in [5, 5.41) is 3.30. The summed E-state index contributed by atoms with van der Waals surface area (Å²) >= 11 is 0. The van der Waals surface area contributed by atoms with E-state index < -0.39 is 5.54 Å². The lowest BCUT2D eigenvalue weighted by Crippen LogP contribution is -2.65. The van der Waals surface area contributed by atoms with Gasteiger partial charge < -0.3 is 19.2 Å². The standard InChI is InChI=1S/C28H33N3O3/c1-20(21-10-5-3-6-11-21)18-31-26(32)24-16-15-23(25-14-9-17-34-25)30(24)19-28(31,2)27(33)29-22-12-7-4-8-13-22/h3,5-6,9-11,14-17,20,22H,4,7-8,12-13,18-19H2,1-2H3,(H,29,33)/t20-,28-/m1/s1. The Hall–Kier alpha value is -3.28. The van der Waals surface area contributed by atoms with Gasteiger partial charge in [-0.05, 0) is 55.5 Å². The highest BCUT2D eigenvalue weighted by Crippen LogP contribution is 2.35. The fraction of sp³-hybridized carbons (Fsp3) is 0.429. The van der Waals surface area contributed by atoms with Gasteiger partial charge in [0.15, 0.2) is 0 Å². The van der Waals surface area contributed by atoms with E-state index >= 15 is 0 Å². The zero-order chi connectivity index (χ0) is 23.7. The van der Waals surface area contributed by atoms with Crippen LogP contribution < -0.4 is 5.32 Å². The van der Waals surface area contributed by atoms with Crippen LogP contribution in [0.15, 0.2) is 65.3 Å². The van der Waals surface area contributed by atoms with Crippen molar-refractivity contribution in [3.63, 3.8) is 0 Å². The number of amides is 2. The van der Waals surface area contributed by atoms with Crippen molar-refractivity contribution in [1.29, 1.82) is 0 Å². The minimum atomic E-state index is -1.01. The summed E-state index contributed by atoms with van der Waals surface area (Å²) in [4.78, 5) is 29.5. The molecule has 34 heavy (non-hydrogen) atoms. The number of rotatable bonds is 6. The molecule has 0 radical (unpaired) electrons. The van der Waals surface area contributed by atoms with Gasteiger partial charge in [-0.25, -0.2) is 0 Å². The van der Waals surface area contributed by atoms with E-state index in [1.165, 1.54) is 6.42 Å². The quantitative estimate of drug-likeness (QED) is 0.550. The molecule has 1 saturated carbocycles. The number of furan rings is 1. The van der Waals surface area contributed by atoms with Crippen molar-refractivity contribution in [3.05, 3.63) is 72.1 Å². The molecule has 2 aromatic heterocycles. The minimum absolute atomic E-state index is 0.0715. The molecule has 2 amide bonds. The van der Waals surface area contributed by atoms with Crippen molar-refractivity contribution in [2.24, 2.45) is 0 Å². The maximum atomic E-state index is 13.9. The highest BCUT2D eigenvalue weighted by Gasteiger charge is 2.48. The molecular formula is C28H33N3O3. The van der Waals surface area contributed by atoms with Gasteiger partial charge in [0.25, 0.3) is 5.91 Å². The number of aromatic nitrogens is 1. The van der Waals surface area contributed by atoms with Crippen LogP contribution in [0, 0.1) is 0 Å². The van der Waals surface area contributed by atoms with Gasteiger partial charge in [-0.1, -0.05) is 56.5 Å². The van der Waals surface area contributed by atoms with Crippen LogP contribution in [0.25, 0.3) is 11.5 Å². The molecule has 1 fully saturated rings. The molecule has 0 unspecified atom stereocenters. The van der Waals surface area contributed by atoms with Crippen molar-refractivity contribution < 1.29 is 14.0 Å². The summed E-state index contributed by atoms with van der Waals surface area (Å²) < 4.78 is 7.58. The minimum Gasteiger partial charge on any atom is -0.463 e. The number of carbonyl (C=O) groups excluding carboxylic acids is 2. The normalized spacial score (nSPS) is 21.8. The van der Waals surface area contributed by atoms with Crippen LogP contribution in [0.5, 0.6) is 0 Å². The van der Waals surface area contributed by atoms with Crippen molar-refractivity contribution in [2.75, 3.05) is 6.54 Å². The molecule has 0 spiro atoms. The molecule has 5 rings (SSSR count). The van der Waals surface area contributed by atoms with Crippen LogP contribution >= 0.6 is 0 Å². The summed E-state index contributed by atoms with van der Waals surface area (Å²) in [6, 6.07) is 17.8. The zero-order valence-corrected chi connectivity index (χ0v) is 20.0. The Morgan fingerprint density at radius 2 is 1.79 bits per heavy atom. The molecule has 3 heterocycles. The summed E-state index contributed by atoms with van der Waals surface area (Å²) in [6.07, 6.45) is 7.13. The molecule has 0 saturated heterocycles. The summed E-state index contributed by atoms with van der Waals surface area (Å²) in [5.74, 6) is 0.601. The predicted molar refractivity (Wildman–Crippen MR) is 131 cm³/mol. The summed E-state index contributed by atoms with van der Waals surface area (Å²) in [6.45, 7) is 4.88. The van der Waals surface area contributed by atoms with Crippen molar-refractivity contribution >= 4 is 11.8 Å². The second-order valence-electron chi connectivity index (χ2n) is 9.98. The lowest BCUT2D eigenvalue weighted by molar-refractivity contribution is -0.134. The topological polar surface area (TPSA) is 67.5 Å². The van der Waals surface area contributed by atoms with E-state index in [0.29, 0.717) is 24.5 Å². The fourth-order valence-corrected chi connectivity index (χ4v) is 5.45. The van der Waals surface area contributed by atoms with E-state index in [-0.39, 0.29) is 23.8 Å². The number of nitrogens with zero attached hydrogens (tertiary/aromatic N) is 2. The third-order valence-corrected chi connectivity index (χ3v) is 7.53. The Kier molecular flexibility index (Phi) is 6.07. The molecule has 3 aromatic rings. The molecule has 1 N–H and O–H groups in total. The second kappa shape index (κ2) is 9.16. The zero-order valence-electron chi connectivity index (χ0n) is 20.0. The lowest BCUT2D eigenvalue weighted by atomic mass is 9.89. The van der Waals surface area contributed by atoms with Crippen molar-refractivity contribution in [1.82, 2.24) is 14.8 Å². The number of hydrogen-bond acceptors (Lipinski definition) is 3. The van der Waals surface area contributed by atoms with Crippen LogP contribution in [0.2, 0.25) is 0 Å². The molecule has 6 nitrogen and oxygen atoms in total. The fourth-order valence-electron chi connectivity index (χ4n) is 5.45. The third kappa shape index (κ3) is 4.06. The van der Waals surface area contributed by atoms with E-state index in [1.807, 2.05) is 54.0 Å². The van der Waals surface area contributed by atoms with Crippen LogP contribution in [0.4, 0.5) is 0 Å². The van der Waals surface area contributed by atoms with Gasteiger partial charge in [-0.15, -0.1) is 0 Å². The van der Waals surface area contributed by atoms with Crippen LogP contribution in [0.3, 0.4) is 0 Å². The van der Waals surface area contributed by atoms with Gasteiger partial charge in [0, 0.05) is 12.6 Å². The van der Waals surface area contributed by atoms with Crippen LogP contribution in [0.1, 0.15) is 67.9 Å². The Bertz CT molecular complexity index is 1150. The largest absolute Gasteiger partial charge is 0.463 e. The maximum absolute atomic E-state index is 13.9. The average molecular weight is 460 g/mol. The van der Waals surface area contributed by atoms with Crippen LogP contribution in [-0.4, -0.2) is 39.4 Å². The molecule has 0 bridgehead atoms. The van der Waals surface area contributed by atoms with Gasteiger partial charge in [0.1, 0.15) is 17.0 Å². The van der Waals surface area contributed by atoms with E-state index in [9.17, 15) is 9.59 Å². The monoisotopic (exact) mass is 459 g/mol. The lowest BCUT2D eigenvalue weighted by Gasteiger charge is -2.46. The molecule has 2 atom stereocenters. The van der Waals surface area contributed by atoms with Crippen molar-refractivity contribution in [3.8, 4) is 11.5 Å². The number of benzene rings is 1. The third-order valence-electron chi connectivity index (χ3n) is 7.53. The summed E-state index contributed by atoms with van der Waals surface area (Å²) in [5.41, 5.74) is 1.56. The maximum Gasteiger partial charge on any atom is 0.271 e. The summed E-state index contributed by atoms with van der Waals surface area (Å²) in [7, 11) is 0. The van der Waals surface area contributed by atoms with E-state index in [2.05, 4.69) is 24.4 Å². The first-order valence-electron chi connectivity index (χ1n) is 12.4. The Morgan fingerprint density at radius 3 is 2.50 bits per heavy atom. The first-order valence-corrected chi connectivity index (χ1v) is 12.4. The Morgan fingerprint density at radius 1 is 1.06 bits per heavy atom. The SMILES string of the molecule is C[C@H](CN1C(=O)c2ccc(-c3ccco3)n2C[C@]1(C)C(=O)NC1CCCCC1)c1ccccc1. The van der Waals surface area contributed by atoms with Crippen molar-refractivity contribution in [2.45, 2.75) is 70.0 Å². The molecule has 1 aliphatic heterocycles. The average Bonchev–Trinajstić information content (AvgIpc) is 3.53. The molecule has 6 heteroatoms. The van der Waals surface area contributed by atoms with Gasteiger partial charge in [0.05, 0.1) is 18.5 Å². The highest BCUT2D eigenvalue weighted by molar-refractivity contribution is 6.00. The first-order chi connectivity index (χ1) is 16.5. The molecule has 1 aromatic carbocycles. The van der Waals surface area contributed by atoms with E-state index in [0.717, 1.165) is 36.9 Å². The second-order valence-corrected chi connectivity index (χ2v) is 9.98. The number of carbonyl (C=O) groups is 2. The predicted octanol–water partition coefficient (Wildman–Crippen LogP) is 5.22. The number of nitrogens with one attached hydrogen (secondary N) is 1. The Balaban J connectivity index is 1.50. The molecule has 178 valence electrons. The number of hydrogen-bond donors (Lipinski definition) is 1. The van der Waals surface area contributed by atoms with Gasteiger partial charge in [-0.3, -0.25) is 9.59 Å².